The summed E-state index contributed by atoms with van der Waals surface area (Å²) in [4.78, 5) is 13.9. The summed E-state index contributed by atoms with van der Waals surface area (Å²) in [5.41, 5.74) is 1.06. The third-order valence-corrected chi connectivity index (χ3v) is 4.27. The van der Waals surface area contributed by atoms with Crippen molar-refractivity contribution in [1.82, 2.24) is 10.2 Å². The van der Waals surface area contributed by atoms with E-state index in [1.54, 1.807) is 24.3 Å². The van der Waals surface area contributed by atoms with E-state index in [-0.39, 0.29) is 5.91 Å². The van der Waals surface area contributed by atoms with Crippen LogP contribution in [0.25, 0.3) is 6.08 Å². The third kappa shape index (κ3) is 3.98. The molecule has 2 rings (SSSR count). The van der Waals surface area contributed by atoms with Gasteiger partial charge in [0.2, 0.25) is 0 Å². The van der Waals surface area contributed by atoms with Gasteiger partial charge in [-0.3, -0.25) is 9.69 Å². The maximum atomic E-state index is 12.4. The minimum atomic E-state index is -0.169. The Morgan fingerprint density at radius 1 is 1.41 bits per heavy atom. The Bertz CT molecular complexity index is 620. The molecule has 22 heavy (non-hydrogen) atoms. The van der Waals surface area contributed by atoms with Gasteiger partial charge in [0.05, 0.1) is 10.0 Å². The second kappa shape index (κ2) is 7.92. The van der Waals surface area contributed by atoms with Crippen LogP contribution in [0.3, 0.4) is 0 Å². The van der Waals surface area contributed by atoms with Crippen LogP contribution >= 0.6 is 35.4 Å². The van der Waals surface area contributed by atoms with E-state index < -0.39 is 0 Å². The van der Waals surface area contributed by atoms with E-state index in [0.717, 1.165) is 6.42 Å². The molecular formula is C15H16Cl2N2O2S. The van der Waals surface area contributed by atoms with E-state index >= 15 is 0 Å². The van der Waals surface area contributed by atoms with Gasteiger partial charge in [0.25, 0.3) is 5.91 Å². The number of thiocarbonyl (C=S) groups is 1. The molecule has 1 aromatic carbocycles. The number of ether oxygens (including phenoxy) is 1. The number of amides is 1. The molecule has 1 heterocycles. The normalized spacial score (nSPS) is 16.5. The molecular weight excluding hydrogens is 343 g/mol. The van der Waals surface area contributed by atoms with Gasteiger partial charge in [-0.05, 0) is 43.3 Å². The fourth-order valence-corrected chi connectivity index (χ4v) is 2.68. The third-order valence-electron chi connectivity index (χ3n) is 3.12. The summed E-state index contributed by atoms with van der Waals surface area (Å²) in [6.45, 7) is 3.71. The van der Waals surface area contributed by atoms with Crippen molar-refractivity contribution in [2.45, 2.75) is 13.3 Å². The highest BCUT2D eigenvalue weighted by molar-refractivity contribution is 7.80. The predicted molar refractivity (Wildman–Crippen MR) is 93.0 cm³/mol. The summed E-state index contributed by atoms with van der Waals surface area (Å²) in [6, 6.07) is 5.26. The van der Waals surface area contributed by atoms with Gasteiger partial charge in [-0.2, -0.15) is 0 Å². The molecule has 0 unspecified atom stereocenters. The number of hydrogen-bond acceptors (Lipinski definition) is 3. The lowest BCUT2D eigenvalue weighted by Gasteiger charge is -2.13. The highest BCUT2D eigenvalue weighted by Crippen LogP contribution is 2.27. The van der Waals surface area contributed by atoms with E-state index in [1.807, 2.05) is 6.92 Å². The van der Waals surface area contributed by atoms with Gasteiger partial charge in [0, 0.05) is 19.8 Å². The minimum Gasteiger partial charge on any atom is -0.382 e. The van der Waals surface area contributed by atoms with Crippen LogP contribution in [0.1, 0.15) is 18.9 Å². The molecule has 1 aliphatic rings. The fraction of sp³-hybridized carbons (Fsp3) is 0.333. The molecule has 1 N–H and O–H groups in total. The Morgan fingerprint density at radius 2 is 2.18 bits per heavy atom. The second-order valence-corrected chi connectivity index (χ2v) is 5.81. The van der Waals surface area contributed by atoms with Crippen LogP contribution in [-0.2, 0) is 9.53 Å². The maximum Gasteiger partial charge on any atom is 0.276 e. The Balaban J connectivity index is 2.10. The molecule has 0 saturated carbocycles. The van der Waals surface area contributed by atoms with Crippen LogP contribution in [0.4, 0.5) is 0 Å². The standard InChI is InChI=1S/C15H16Cl2N2O2S/c1-2-21-8-4-7-19-14(20)12(18-15(19)22)9-10-5-3-6-11(16)13(10)17/h3,5-6,9H,2,4,7-8H2,1H3,(H,18,22)/b12-9-. The Hall–Kier alpha value is -1.14. The Labute approximate surface area is 145 Å². The van der Waals surface area contributed by atoms with Crippen LogP contribution < -0.4 is 5.32 Å². The van der Waals surface area contributed by atoms with Crippen LogP contribution in [0, 0.1) is 0 Å². The Morgan fingerprint density at radius 3 is 2.91 bits per heavy atom. The van der Waals surface area contributed by atoms with Crippen molar-refractivity contribution >= 4 is 52.5 Å². The van der Waals surface area contributed by atoms with Gasteiger partial charge < -0.3 is 10.1 Å². The molecule has 0 radical (unpaired) electrons. The van der Waals surface area contributed by atoms with E-state index in [0.29, 0.717) is 46.2 Å². The number of carbonyl (C=O) groups is 1. The SMILES string of the molecule is CCOCCCN1C(=O)/C(=C/c2cccc(Cl)c2Cl)NC1=S. The first-order chi connectivity index (χ1) is 10.5. The molecule has 1 amide bonds. The lowest BCUT2D eigenvalue weighted by molar-refractivity contribution is -0.122. The summed E-state index contributed by atoms with van der Waals surface area (Å²) in [7, 11) is 0. The highest BCUT2D eigenvalue weighted by atomic mass is 35.5. The van der Waals surface area contributed by atoms with Crippen molar-refractivity contribution < 1.29 is 9.53 Å². The van der Waals surface area contributed by atoms with Crippen molar-refractivity contribution in [3.63, 3.8) is 0 Å². The van der Waals surface area contributed by atoms with Crippen molar-refractivity contribution in [1.29, 1.82) is 0 Å². The number of nitrogens with one attached hydrogen (secondary N) is 1. The van der Waals surface area contributed by atoms with Gasteiger partial charge in [-0.15, -0.1) is 0 Å². The summed E-state index contributed by atoms with van der Waals surface area (Å²) in [5, 5.41) is 4.16. The van der Waals surface area contributed by atoms with Gasteiger partial charge in [-0.25, -0.2) is 0 Å². The first-order valence-corrected chi connectivity index (χ1v) is 8.07. The molecule has 0 atom stereocenters. The smallest absolute Gasteiger partial charge is 0.276 e. The van der Waals surface area contributed by atoms with Gasteiger partial charge in [0.15, 0.2) is 5.11 Å². The lowest BCUT2D eigenvalue weighted by Crippen LogP contribution is -2.32. The van der Waals surface area contributed by atoms with Gasteiger partial charge >= 0.3 is 0 Å². The molecule has 7 heteroatoms. The monoisotopic (exact) mass is 358 g/mol. The number of rotatable bonds is 6. The van der Waals surface area contributed by atoms with Crippen molar-refractivity contribution in [3.05, 3.63) is 39.5 Å². The van der Waals surface area contributed by atoms with Crippen molar-refractivity contribution in [3.8, 4) is 0 Å². The zero-order valence-electron chi connectivity index (χ0n) is 12.1. The average molecular weight is 359 g/mol. The zero-order valence-corrected chi connectivity index (χ0v) is 14.4. The Kier molecular flexibility index (Phi) is 6.20. The summed E-state index contributed by atoms with van der Waals surface area (Å²) >= 11 is 17.3. The van der Waals surface area contributed by atoms with Crippen molar-refractivity contribution in [2.75, 3.05) is 19.8 Å². The number of hydrogen-bond donors (Lipinski definition) is 1. The number of carbonyl (C=O) groups excluding carboxylic acids is 1. The van der Waals surface area contributed by atoms with Crippen LogP contribution in [0.2, 0.25) is 10.0 Å². The largest absolute Gasteiger partial charge is 0.382 e. The molecule has 1 aromatic rings. The molecule has 0 aliphatic carbocycles. The average Bonchev–Trinajstić information content (AvgIpc) is 2.75. The maximum absolute atomic E-state index is 12.4. The summed E-state index contributed by atoms with van der Waals surface area (Å²) < 4.78 is 5.27. The van der Waals surface area contributed by atoms with Crippen molar-refractivity contribution in [2.24, 2.45) is 0 Å². The number of nitrogens with zero attached hydrogens (tertiary/aromatic N) is 1. The second-order valence-electron chi connectivity index (χ2n) is 4.64. The van der Waals surface area contributed by atoms with Gasteiger partial charge in [-0.1, -0.05) is 35.3 Å². The number of halogens is 2. The molecule has 1 aliphatic heterocycles. The predicted octanol–water partition coefficient (Wildman–Crippen LogP) is 3.48. The lowest BCUT2D eigenvalue weighted by atomic mass is 10.2. The zero-order chi connectivity index (χ0) is 16.1. The number of benzene rings is 1. The topological polar surface area (TPSA) is 41.6 Å². The molecule has 0 aromatic heterocycles. The van der Waals surface area contributed by atoms with Gasteiger partial charge in [0.1, 0.15) is 5.70 Å². The van der Waals surface area contributed by atoms with Crippen LogP contribution in [0.15, 0.2) is 23.9 Å². The summed E-state index contributed by atoms with van der Waals surface area (Å²) in [6.07, 6.45) is 2.39. The van der Waals surface area contributed by atoms with E-state index in [1.165, 1.54) is 4.90 Å². The summed E-state index contributed by atoms with van der Waals surface area (Å²) in [5.74, 6) is -0.169. The molecule has 0 spiro atoms. The molecule has 4 nitrogen and oxygen atoms in total. The first kappa shape index (κ1) is 17.2. The first-order valence-electron chi connectivity index (χ1n) is 6.91. The van der Waals surface area contributed by atoms with E-state index in [2.05, 4.69) is 5.32 Å². The molecule has 1 fully saturated rings. The minimum absolute atomic E-state index is 0.169. The quantitative estimate of drug-likeness (QED) is 0.480. The molecule has 118 valence electrons. The van der Waals surface area contributed by atoms with E-state index in [4.69, 9.17) is 40.2 Å². The van der Waals surface area contributed by atoms with Crippen LogP contribution in [-0.4, -0.2) is 35.7 Å². The van der Waals surface area contributed by atoms with E-state index in [9.17, 15) is 4.79 Å². The molecule has 0 bridgehead atoms. The fourth-order valence-electron chi connectivity index (χ4n) is 2.03. The molecule has 1 saturated heterocycles. The highest BCUT2D eigenvalue weighted by Gasteiger charge is 2.30. The van der Waals surface area contributed by atoms with Crippen LogP contribution in [0.5, 0.6) is 0 Å².